The second kappa shape index (κ2) is 3.99. The maximum Gasteiger partial charge on any atom is 0.0419 e. The van der Waals surface area contributed by atoms with Crippen molar-refractivity contribution in [3.63, 3.8) is 0 Å². The summed E-state index contributed by atoms with van der Waals surface area (Å²) < 4.78 is 0.999. The van der Waals surface area contributed by atoms with Gasteiger partial charge in [-0.1, -0.05) is 27.5 Å². The van der Waals surface area contributed by atoms with E-state index in [0.717, 1.165) is 21.5 Å². The van der Waals surface area contributed by atoms with Gasteiger partial charge < -0.3 is 5.73 Å². The Morgan fingerprint density at radius 3 is 2.46 bits per heavy atom. The minimum absolute atomic E-state index is 0.190. The van der Waals surface area contributed by atoms with E-state index in [4.69, 9.17) is 17.3 Å². The highest BCUT2D eigenvalue weighted by atomic mass is 79.9. The normalized spacial score (nSPS) is 11.8. The maximum atomic E-state index is 5.91. The summed E-state index contributed by atoms with van der Waals surface area (Å²) in [5.41, 5.74) is 6.88. The van der Waals surface area contributed by atoms with Gasteiger partial charge >= 0.3 is 0 Å². The first-order valence-electron chi connectivity index (χ1n) is 4.11. The van der Waals surface area contributed by atoms with Gasteiger partial charge in [0.2, 0.25) is 0 Å². The SMILES string of the molecule is CC(C)(N)Cc1cc(Cl)cc(Br)c1. The topological polar surface area (TPSA) is 26.0 Å². The lowest BCUT2D eigenvalue weighted by atomic mass is 9.96. The largest absolute Gasteiger partial charge is 0.325 e. The molecule has 0 atom stereocenters. The summed E-state index contributed by atoms with van der Waals surface area (Å²) in [7, 11) is 0. The Balaban J connectivity index is 2.90. The van der Waals surface area contributed by atoms with E-state index in [-0.39, 0.29) is 5.54 Å². The monoisotopic (exact) mass is 261 g/mol. The summed E-state index contributed by atoms with van der Waals surface area (Å²) in [6.07, 6.45) is 0.826. The van der Waals surface area contributed by atoms with Crippen LogP contribution in [0.5, 0.6) is 0 Å². The minimum atomic E-state index is -0.190. The summed E-state index contributed by atoms with van der Waals surface area (Å²) in [4.78, 5) is 0. The van der Waals surface area contributed by atoms with Crippen LogP contribution in [0.3, 0.4) is 0 Å². The quantitative estimate of drug-likeness (QED) is 0.869. The van der Waals surface area contributed by atoms with Crippen LogP contribution in [-0.2, 0) is 6.42 Å². The molecule has 0 aliphatic carbocycles. The van der Waals surface area contributed by atoms with Crippen LogP contribution in [-0.4, -0.2) is 5.54 Å². The third-order valence-electron chi connectivity index (χ3n) is 1.58. The molecule has 0 aliphatic heterocycles. The number of hydrogen-bond acceptors (Lipinski definition) is 1. The van der Waals surface area contributed by atoms with Crippen molar-refractivity contribution in [2.24, 2.45) is 5.73 Å². The zero-order valence-electron chi connectivity index (χ0n) is 7.77. The van der Waals surface area contributed by atoms with Gasteiger partial charge in [-0.25, -0.2) is 0 Å². The van der Waals surface area contributed by atoms with E-state index >= 15 is 0 Å². The molecule has 0 saturated carbocycles. The molecule has 1 aromatic carbocycles. The van der Waals surface area contributed by atoms with Gasteiger partial charge in [-0.3, -0.25) is 0 Å². The average molecular weight is 263 g/mol. The standard InChI is InChI=1S/C10H13BrClN/c1-10(2,13)6-7-3-8(11)5-9(12)4-7/h3-5H,6,13H2,1-2H3. The molecular formula is C10H13BrClN. The van der Waals surface area contributed by atoms with E-state index in [0.29, 0.717) is 0 Å². The van der Waals surface area contributed by atoms with Crippen molar-refractivity contribution >= 4 is 27.5 Å². The molecule has 0 aromatic heterocycles. The molecule has 72 valence electrons. The first-order valence-corrected chi connectivity index (χ1v) is 5.28. The molecule has 0 spiro atoms. The molecule has 0 amide bonds. The number of rotatable bonds is 2. The molecular weight excluding hydrogens is 249 g/mol. The molecule has 3 heteroatoms. The molecule has 1 aromatic rings. The Labute approximate surface area is 92.4 Å². The van der Waals surface area contributed by atoms with E-state index in [1.165, 1.54) is 0 Å². The highest BCUT2D eigenvalue weighted by Gasteiger charge is 2.12. The van der Waals surface area contributed by atoms with Crippen molar-refractivity contribution in [2.75, 3.05) is 0 Å². The van der Waals surface area contributed by atoms with Crippen molar-refractivity contribution in [3.8, 4) is 0 Å². The van der Waals surface area contributed by atoms with Crippen LogP contribution >= 0.6 is 27.5 Å². The van der Waals surface area contributed by atoms with Gasteiger partial charge in [0.1, 0.15) is 0 Å². The van der Waals surface area contributed by atoms with Gasteiger partial charge in [-0.05, 0) is 44.0 Å². The molecule has 0 fully saturated rings. The summed E-state index contributed by atoms with van der Waals surface area (Å²) in [6.45, 7) is 4.00. The smallest absolute Gasteiger partial charge is 0.0419 e. The van der Waals surface area contributed by atoms with Crippen LogP contribution in [0.15, 0.2) is 22.7 Å². The fraction of sp³-hybridized carbons (Fsp3) is 0.400. The molecule has 0 bridgehead atoms. The average Bonchev–Trinajstić information content (AvgIpc) is 1.78. The summed E-state index contributed by atoms with van der Waals surface area (Å²) in [5, 5.41) is 0.744. The Bertz CT molecular complexity index is 284. The van der Waals surface area contributed by atoms with Gasteiger partial charge in [-0.15, -0.1) is 0 Å². The van der Waals surface area contributed by atoms with Crippen molar-refractivity contribution in [2.45, 2.75) is 25.8 Å². The molecule has 0 radical (unpaired) electrons. The molecule has 0 saturated heterocycles. The van der Waals surface area contributed by atoms with Crippen LogP contribution in [0.25, 0.3) is 0 Å². The summed E-state index contributed by atoms with van der Waals surface area (Å²) in [5.74, 6) is 0. The van der Waals surface area contributed by atoms with Crippen molar-refractivity contribution in [3.05, 3.63) is 33.3 Å². The van der Waals surface area contributed by atoms with Crippen LogP contribution < -0.4 is 5.73 Å². The molecule has 1 rings (SSSR count). The van der Waals surface area contributed by atoms with E-state index in [9.17, 15) is 0 Å². The first kappa shape index (κ1) is 11.0. The van der Waals surface area contributed by atoms with E-state index in [1.54, 1.807) is 0 Å². The van der Waals surface area contributed by atoms with Gasteiger partial charge in [0.15, 0.2) is 0 Å². The van der Waals surface area contributed by atoms with E-state index < -0.39 is 0 Å². The number of nitrogens with two attached hydrogens (primary N) is 1. The maximum absolute atomic E-state index is 5.91. The summed E-state index contributed by atoms with van der Waals surface area (Å²) >= 11 is 9.30. The zero-order valence-corrected chi connectivity index (χ0v) is 10.1. The van der Waals surface area contributed by atoms with Gasteiger partial charge in [0.05, 0.1) is 0 Å². The molecule has 13 heavy (non-hydrogen) atoms. The van der Waals surface area contributed by atoms with Crippen LogP contribution in [0.4, 0.5) is 0 Å². The third-order valence-corrected chi connectivity index (χ3v) is 2.26. The molecule has 0 unspecified atom stereocenters. The lowest BCUT2D eigenvalue weighted by Gasteiger charge is -2.18. The van der Waals surface area contributed by atoms with Crippen molar-refractivity contribution in [1.29, 1.82) is 0 Å². The number of hydrogen-bond donors (Lipinski definition) is 1. The van der Waals surface area contributed by atoms with Crippen LogP contribution in [0, 0.1) is 0 Å². The predicted molar refractivity (Wildman–Crippen MR) is 61.1 cm³/mol. The molecule has 0 heterocycles. The Morgan fingerprint density at radius 1 is 1.38 bits per heavy atom. The second-order valence-corrected chi connectivity index (χ2v) is 5.30. The van der Waals surface area contributed by atoms with Crippen LogP contribution in [0.2, 0.25) is 5.02 Å². The number of halogens is 2. The minimum Gasteiger partial charge on any atom is -0.325 e. The lowest BCUT2D eigenvalue weighted by molar-refractivity contribution is 0.516. The number of benzene rings is 1. The molecule has 1 nitrogen and oxygen atoms in total. The fourth-order valence-corrected chi connectivity index (χ4v) is 2.17. The van der Waals surface area contributed by atoms with Gasteiger partial charge in [0.25, 0.3) is 0 Å². The highest BCUT2D eigenvalue weighted by molar-refractivity contribution is 9.10. The van der Waals surface area contributed by atoms with Crippen LogP contribution in [0.1, 0.15) is 19.4 Å². The van der Waals surface area contributed by atoms with E-state index in [2.05, 4.69) is 15.9 Å². The Kier molecular flexibility index (Phi) is 3.38. The lowest BCUT2D eigenvalue weighted by Crippen LogP contribution is -2.34. The first-order chi connectivity index (χ1) is 5.87. The van der Waals surface area contributed by atoms with Crippen molar-refractivity contribution < 1.29 is 0 Å². The van der Waals surface area contributed by atoms with E-state index in [1.807, 2.05) is 32.0 Å². The Hall–Kier alpha value is -0.0500. The van der Waals surface area contributed by atoms with Crippen molar-refractivity contribution in [1.82, 2.24) is 0 Å². The third kappa shape index (κ3) is 4.12. The fourth-order valence-electron chi connectivity index (χ4n) is 1.24. The predicted octanol–water partition coefficient (Wildman–Crippen LogP) is 3.38. The van der Waals surface area contributed by atoms with Gasteiger partial charge in [0, 0.05) is 15.0 Å². The van der Waals surface area contributed by atoms with Gasteiger partial charge in [-0.2, -0.15) is 0 Å². The molecule has 2 N–H and O–H groups in total. The zero-order chi connectivity index (χ0) is 10.1. The Morgan fingerprint density at radius 2 is 2.00 bits per heavy atom. The highest BCUT2D eigenvalue weighted by Crippen LogP contribution is 2.21. The summed E-state index contributed by atoms with van der Waals surface area (Å²) in [6, 6.07) is 5.86. The second-order valence-electron chi connectivity index (χ2n) is 3.94. The molecule has 0 aliphatic rings.